The standard InChI is InChI=1S/C14H26N4O3/c1-4-7-9-19-10-11-21-14-17-12(15-8-5-2)16-13(18-14)20-6-3/h4-11H2,1-3H3,(H,15,16,17,18). The van der Waals surface area contributed by atoms with Crippen molar-refractivity contribution < 1.29 is 14.2 Å². The summed E-state index contributed by atoms with van der Waals surface area (Å²) in [6.45, 7) is 9.05. The van der Waals surface area contributed by atoms with Gasteiger partial charge in [-0.1, -0.05) is 20.3 Å². The Kier molecular flexibility index (Phi) is 9.19. The minimum absolute atomic E-state index is 0.256. The first-order valence-electron chi connectivity index (χ1n) is 7.63. The van der Waals surface area contributed by atoms with Gasteiger partial charge in [-0.2, -0.15) is 9.97 Å². The van der Waals surface area contributed by atoms with Crippen LogP contribution in [0.1, 0.15) is 40.0 Å². The molecule has 21 heavy (non-hydrogen) atoms. The Balaban J connectivity index is 2.48. The fourth-order valence-electron chi connectivity index (χ4n) is 1.45. The first kappa shape index (κ1) is 17.4. The second-order valence-corrected chi connectivity index (χ2v) is 4.40. The van der Waals surface area contributed by atoms with E-state index in [0.29, 0.717) is 25.8 Å². The van der Waals surface area contributed by atoms with Crippen LogP contribution in [0.4, 0.5) is 5.95 Å². The summed E-state index contributed by atoms with van der Waals surface area (Å²) in [5.41, 5.74) is 0. The molecule has 0 spiro atoms. The van der Waals surface area contributed by atoms with Gasteiger partial charge in [-0.15, -0.1) is 4.98 Å². The van der Waals surface area contributed by atoms with E-state index >= 15 is 0 Å². The van der Waals surface area contributed by atoms with Crippen LogP contribution in [0.15, 0.2) is 0 Å². The molecule has 0 bridgehead atoms. The molecule has 0 saturated carbocycles. The van der Waals surface area contributed by atoms with Crippen LogP contribution < -0.4 is 14.8 Å². The van der Waals surface area contributed by atoms with Crippen molar-refractivity contribution in [2.75, 3.05) is 38.3 Å². The maximum Gasteiger partial charge on any atom is 0.324 e. The molecule has 0 radical (unpaired) electrons. The highest BCUT2D eigenvalue weighted by atomic mass is 16.5. The molecule has 0 amide bonds. The molecular weight excluding hydrogens is 272 g/mol. The monoisotopic (exact) mass is 298 g/mol. The summed E-state index contributed by atoms with van der Waals surface area (Å²) >= 11 is 0. The van der Waals surface area contributed by atoms with Crippen molar-refractivity contribution in [2.45, 2.75) is 40.0 Å². The molecule has 1 aromatic rings. The highest BCUT2D eigenvalue weighted by Crippen LogP contribution is 2.13. The van der Waals surface area contributed by atoms with Gasteiger partial charge in [0.25, 0.3) is 0 Å². The van der Waals surface area contributed by atoms with Crippen LogP contribution in [-0.4, -0.2) is 47.9 Å². The number of anilines is 1. The van der Waals surface area contributed by atoms with Gasteiger partial charge in [0, 0.05) is 13.2 Å². The van der Waals surface area contributed by atoms with Gasteiger partial charge in [-0.25, -0.2) is 0 Å². The van der Waals surface area contributed by atoms with Crippen molar-refractivity contribution in [3.05, 3.63) is 0 Å². The zero-order valence-electron chi connectivity index (χ0n) is 13.2. The van der Waals surface area contributed by atoms with Crippen molar-refractivity contribution in [1.29, 1.82) is 0 Å². The summed E-state index contributed by atoms with van der Waals surface area (Å²) in [6, 6.07) is 0.527. The van der Waals surface area contributed by atoms with Crippen molar-refractivity contribution >= 4 is 5.95 Å². The zero-order valence-corrected chi connectivity index (χ0v) is 13.2. The number of ether oxygens (including phenoxy) is 3. The third-order valence-corrected chi connectivity index (χ3v) is 2.50. The quantitative estimate of drug-likeness (QED) is 0.593. The van der Waals surface area contributed by atoms with Crippen molar-refractivity contribution in [3.63, 3.8) is 0 Å². The van der Waals surface area contributed by atoms with E-state index in [1.807, 2.05) is 6.92 Å². The lowest BCUT2D eigenvalue weighted by atomic mass is 10.4. The predicted molar refractivity (Wildman–Crippen MR) is 81.0 cm³/mol. The number of hydrogen-bond donors (Lipinski definition) is 1. The molecule has 0 aliphatic rings. The smallest absolute Gasteiger partial charge is 0.324 e. The van der Waals surface area contributed by atoms with Crippen molar-refractivity contribution in [3.8, 4) is 12.0 Å². The van der Waals surface area contributed by atoms with Gasteiger partial charge in [-0.05, 0) is 19.8 Å². The fourth-order valence-corrected chi connectivity index (χ4v) is 1.45. The van der Waals surface area contributed by atoms with Gasteiger partial charge in [0.15, 0.2) is 0 Å². The molecule has 0 aliphatic carbocycles. The Morgan fingerprint density at radius 3 is 2.29 bits per heavy atom. The third-order valence-electron chi connectivity index (χ3n) is 2.50. The summed E-state index contributed by atoms with van der Waals surface area (Å²) in [4.78, 5) is 12.5. The molecule has 0 aliphatic heterocycles. The molecule has 0 unspecified atom stereocenters. The van der Waals surface area contributed by atoms with E-state index in [9.17, 15) is 0 Å². The van der Waals surface area contributed by atoms with Crippen LogP contribution in [0, 0.1) is 0 Å². The van der Waals surface area contributed by atoms with E-state index in [0.717, 1.165) is 32.4 Å². The molecule has 0 aromatic carbocycles. The Morgan fingerprint density at radius 2 is 1.62 bits per heavy atom. The summed E-state index contributed by atoms with van der Waals surface area (Å²) in [6.07, 6.45) is 3.17. The summed E-state index contributed by atoms with van der Waals surface area (Å²) in [7, 11) is 0. The molecule has 1 aromatic heterocycles. The number of nitrogens with zero attached hydrogens (tertiary/aromatic N) is 3. The van der Waals surface area contributed by atoms with Gasteiger partial charge in [-0.3, -0.25) is 0 Å². The van der Waals surface area contributed by atoms with Gasteiger partial charge in [0.2, 0.25) is 5.95 Å². The van der Waals surface area contributed by atoms with E-state index in [1.165, 1.54) is 0 Å². The molecule has 7 heteroatoms. The van der Waals surface area contributed by atoms with Crippen LogP contribution in [0.25, 0.3) is 0 Å². The Morgan fingerprint density at radius 1 is 0.857 bits per heavy atom. The van der Waals surface area contributed by atoms with Crippen LogP contribution in [0.3, 0.4) is 0 Å². The molecule has 1 rings (SSSR count). The average Bonchev–Trinajstić information content (AvgIpc) is 2.49. The van der Waals surface area contributed by atoms with Crippen LogP contribution in [0.2, 0.25) is 0 Å². The number of unbranched alkanes of at least 4 members (excludes halogenated alkanes) is 1. The first-order chi connectivity index (χ1) is 10.3. The van der Waals surface area contributed by atoms with Crippen molar-refractivity contribution in [2.24, 2.45) is 0 Å². The Bertz CT molecular complexity index is 390. The first-order valence-corrected chi connectivity index (χ1v) is 7.63. The van der Waals surface area contributed by atoms with E-state index in [-0.39, 0.29) is 12.0 Å². The van der Waals surface area contributed by atoms with Gasteiger partial charge >= 0.3 is 12.0 Å². The second-order valence-electron chi connectivity index (χ2n) is 4.40. The number of aromatic nitrogens is 3. The largest absolute Gasteiger partial charge is 0.464 e. The zero-order chi connectivity index (χ0) is 15.3. The molecule has 1 heterocycles. The van der Waals surface area contributed by atoms with E-state index < -0.39 is 0 Å². The minimum Gasteiger partial charge on any atom is -0.464 e. The summed E-state index contributed by atoms with van der Waals surface area (Å²) in [5.74, 6) is 0.470. The van der Waals surface area contributed by atoms with E-state index in [4.69, 9.17) is 14.2 Å². The maximum absolute atomic E-state index is 5.49. The lowest BCUT2D eigenvalue weighted by Gasteiger charge is -2.09. The van der Waals surface area contributed by atoms with Crippen LogP contribution >= 0.6 is 0 Å². The second kappa shape index (κ2) is 11.1. The number of nitrogens with one attached hydrogen (secondary N) is 1. The van der Waals surface area contributed by atoms with E-state index in [1.54, 1.807) is 0 Å². The Labute approximate surface area is 126 Å². The average molecular weight is 298 g/mol. The molecule has 0 saturated heterocycles. The van der Waals surface area contributed by atoms with Crippen molar-refractivity contribution in [1.82, 2.24) is 15.0 Å². The lowest BCUT2D eigenvalue weighted by molar-refractivity contribution is 0.0942. The third kappa shape index (κ3) is 7.65. The fraction of sp³-hybridized carbons (Fsp3) is 0.786. The molecule has 0 atom stereocenters. The number of rotatable bonds is 12. The normalized spacial score (nSPS) is 10.4. The molecule has 7 nitrogen and oxygen atoms in total. The highest BCUT2D eigenvalue weighted by molar-refractivity contribution is 5.27. The number of hydrogen-bond acceptors (Lipinski definition) is 7. The van der Waals surface area contributed by atoms with Gasteiger partial charge in [0.05, 0.1) is 13.2 Å². The topological polar surface area (TPSA) is 78.4 Å². The SMILES string of the molecule is CCCCOCCOc1nc(NCCC)nc(OCC)n1. The minimum atomic E-state index is 0.256. The summed E-state index contributed by atoms with van der Waals surface area (Å²) in [5, 5.41) is 3.10. The molecule has 1 N–H and O–H groups in total. The van der Waals surface area contributed by atoms with Gasteiger partial charge in [0.1, 0.15) is 6.61 Å². The Hall–Kier alpha value is -1.63. The van der Waals surface area contributed by atoms with Crippen LogP contribution in [-0.2, 0) is 4.74 Å². The molecular formula is C14H26N4O3. The van der Waals surface area contributed by atoms with Gasteiger partial charge < -0.3 is 19.5 Å². The van der Waals surface area contributed by atoms with E-state index in [2.05, 4.69) is 34.1 Å². The highest BCUT2D eigenvalue weighted by Gasteiger charge is 2.08. The lowest BCUT2D eigenvalue weighted by Crippen LogP contribution is -2.12. The predicted octanol–water partition coefficient (Wildman–Crippen LogP) is 2.29. The molecule has 0 fully saturated rings. The maximum atomic E-state index is 5.49. The molecule has 120 valence electrons. The summed E-state index contributed by atoms with van der Waals surface area (Å²) < 4.78 is 16.2. The van der Waals surface area contributed by atoms with Crippen LogP contribution in [0.5, 0.6) is 12.0 Å².